The molecule has 0 saturated heterocycles. The van der Waals surface area contributed by atoms with E-state index in [0.717, 1.165) is 5.69 Å². The van der Waals surface area contributed by atoms with Gasteiger partial charge in [0, 0.05) is 5.69 Å². The molecule has 0 fully saturated rings. The minimum Gasteiger partial charge on any atom is -0.478 e. The quantitative estimate of drug-likeness (QED) is 0.696. The summed E-state index contributed by atoms with van der Waals surface area (Å²) in [6.07, 6.45) is 0. The van der Waals surface area contributed by atoms with Crippen LogP contribution in [0, 0.1) is 20.8 Å². The number of amides is 2. The molecule has 0 unspecified atom stereocenters. The van der Waals surface area contributed by atoms with Gasteiger partial charge in [0.25, 0.3) is 0 Å². The second-order valence-corrected chi connectivity index (χ2v) is 4.72. The highest BCUT2D eigenvalue weighted by Crippen LogP contribution is 2.19. The normalized spacial score (nSPS) is 10.2. The third-order valence-corrected chi connectivity index (χ3v) is 3.09. The molecule has 0 radical (unpaired) electrons. The summed E-state index contributed by atoms with van der Waals surface area (Å²) < 4.78 is 0. The lowest BCUT2D eigenvalue weighted by atomic mass is 10.1. The topological polar surface area (TPSA) is 107 Å². The molecule has 110 valence electrons. The predicted molar refractivity (Wildman–Crippen MR) is 78.8 cm³/mol. The van der Waals surface area contributed by atoms with Crippen molar-refractivity contribution in [1.29, 1.82) is 0 Å². The monoisotopic (exact) mass is 288 g/mol. The van der Waals surface area contributed by atoms with E-state index in [1.807, 2.05) is 6.92 Å². The Labute approximate surface area is 121 Å². The number of aromatic amines is 1. The van der Waals surface area contributed by atoms with Gasteiger partial charge in [0.05, 0.1) is 22.6 Å². The fourth-order valence-electron chi connectivity index (χ4n) is 1.94. The van der Waals surface area contributed by atoms with Gasteiger partial charge in [-0.25, -0.2) is 9.59 Å². The van der Waals surface area contributed by atoms with Gasteiger partial charge in [0.2, 0.25) is 0 Å². The molecule has 0 saturated carbocycles. The van der Waals surface area contributed by atoms with E-state index in [-0.39, 0.29) is 5.56 Å². The first-order chi connectivity index (χ1) is 9.88. The van der Waals surface area contributed by atoms with Crippen LogP contribution >= 0.6 is 0 Å². The zero-order valence-electron chi connectivity index (χ0n) is 11.9. The van der Waals surface area contributed by atoms with Crippen LogP contribution in [-0.4, -0.2) is 27.3 Å². The van der Waals surface area contributed by atoms with E-state index in [2.05, 4.69) is 20.8 Å². The maximum absolute atomic E-state index is 12.0. The minimum atomic E-state index is -1.00. The van der Waals surface area contributed by atoms with E-state index in [0.29, 0.717) is 22.6 Å². The zero-order chi connectivity index (χ0) is 15.6. The highest BCUT2D eigenvalue weighted by atomic mass is 16.4. The Morgan fingerprint density at radius 2 is 1.90 bits per heavy atom. The standard InChI is InChI=1S/C14H16N4O3/c1-7-6-10(13(19)20)4-5-11(7)15-14(21)16-12-8(2)17-18-9(12)3/h4-6H,1-3H3,(H,17,18)(H,19,20)(H2,15,16,21). The first-order valence-electron chi connectivity index (χ1n) is 6.32. The SMILES string of the molecule is Cc1cc(C(=O)O)ccc1NC(=O)Nc1c(C)n[nH]c1C. The van der Waals surface area contributed by atoms with E-state index < -0.39 is 12.0 Å². The highest BCUT2D eigenvalue weighted by Gasteiger charge is 2.12. The van der Waals surface area contributed by atoms with Crippen molar-refractivity contribution in [2.45, 2.75) is 20.8 Å². The third kappa shape index (κ3) is 3.19. The van der Waals surface area contributed by atoms with Crippen LogP contribution in [0.2, 0.25) is 0 Å². The number of hydrogen-bond acceptors (Lipinski definition) is 3. The van der Waals surface area contributed by atoms with Gasteiger partial charge in [-0.15, -0.1) is 0 Å². The van der Waals surface area contributed by atoms with Crippen molar-refractivity contribution in [3.05, 3.63) is 40.7 Å². The van der Waals surface area contributed by atoms with Crippen LogP contribution in [-0.2, 0) is 0 Å². The number of aromatic carboxylic acids is 1. The molecular weight excluding hydrogens is 272 g/mol. The van der Waals surface area contributed by atoms with Gasteiger partial charge in [0.15, 0.2) is 0 Å². The molecule has 4 N–H and O–H groups in total. The molecule has 7 heteroatoms. The number of benzene rings is 1. The number of nitrogens with one attached hydrogen (secondary N) is 3. The van der Waals surface area contributed by atoms with Crippen molar-refractivity contribution in [1.82, 2.24) is 10.2 Å². The molecular formula is C14H16N4O3. The Kier molecular flexibility index (Phi) is 3.93. The number of carbonyl (C=O) groups excluding carboxylic acids is 1. The first-order valence-corrected chi connectivity index (χ1v) is 6.32. The largest absolute Gasteiger partial charge is 0.478 e. The van der Waals surface area contributed by atoms with Crippen LogP contribution in [0.3, 0.4) is 0 Å². The van der Waals surface area contributed by atoms with Crippen LogP contribution in [0.1, 0.15) is 27.3 Å². The molecule has 0 aliphatic carbocycles. The zero-order valence-corrected chi connectivity index (χ0v) is 11.9. The molecule has 0 spiro atoms. The predicted octanol–water partition coefficient (Wildman–Crippen LogP) is 2.68. The number of nitrogens with zero attached hydrogens (tertiary/aromatic N) is 1. The van der Waals surface area contributed by atoms with Crippen molar-refractivity contribution in [2.75, 3.05) is 10.6 Å². The highest BCUT2D eigenvalue weighted by molar-refractivity contribution is 6.01. The molecule has 0 bridgehead atoms. The maximum atomic E-state index is 12.0. The Morgan fingerprint density at radius 3 is 2.43 bits per heavy atom. The fourth-order valence-corrected chi connectivity index (χ4v) is 1.94. The van der Waals surface area contributed by atoms with Gasteiger partial charge in [0.1, 0.15) is 0 Å². The van der Waals surface area contributed by atoms with Crippen molar-refractivity contribution >= 4 is 23.4 Å². The van der Waals surface area contributed by atoms with E-state index >= 15 is 0 Å². The minimum absolute atomic E-state index is 0.181. The summed E-state index contributed by atoms with van der Waals surface area (Å²) in [6.45, 7) is 5.32. The summed E-state index contributed by atoms with van der Waals surface area (Å²) in [5, 5.41) is 21.1. The molecule has 1 aromatic heterocycles. The summed E-state index contributed by atoms with van der Waals surface area (Å²) in [5.74, 6) is -1.00. The number of urea groups is 1. The number of hydrogen-bond donors (Lipinski definition) is 4. The number of rotatable bonds is 3. The number of aromatic nitrogens is 2. The molecule has 0 atom stereocenters. The van der Waals surface area contributed by atoms with Crippen molar-refractivity contribution in [3.8, 4) is 0 Å². The Hall–Kier alpha value is -2.83. The van der Waals surface area contributed by atoms with Gasteiger partial charge >= 0.3 is 12.0 Å². The number of carboxylic acids is 1. The second kappa shape index (κ2) is 5.66. The van der Waals surface area contributed by atoms with Crippen LogP contribution in [0.4, 0.5) is 16.2 Å². The van der Waals surface area contributed by atoms with Gasteiger partial charge in [-0.3, -0.25) is 5.10 Å². The van der Waals surface area contributed by atoms with Crippen molar-refractivity contribution < 1.29 is 14.7 Å². The molecule has 0 aliphatic rings. The maximum Gasteiger partial charge on any atom is 0.335 e. The van der Waals surface area contributed by atoms with Gasteiger partial charge < -0.3 is 15.7 Å². The third-order valence-electron chi connectivity index (χ3n) is 3.09. The average molecular weight is 288 g/mol. The smallest absolute Gasteiger partial charge is 0.335 e. The first kappa shape index (κ1) is 14.6. The van der Waals surface area contributed by atoms with E-state index in [1.54, 1.807) is 19.9 Å². The molecule has 2 amide bonds. The van der Waals surface area contributed by atoms with Crippen molar-refractivity contribution in [2.24, 2.45) is 0 Å². The Bertz CT molecular complexity index is 687. The van der Waals surface area contributed by atoms with Crippen molar-refractivity contribution in [3.63, 3.8) is 0 Å². The number of H-pyrrole nitrogens is 1. The fraction of sp³-hybridized carbons (Fsp3) is 0.214. The summed E-state index contributed by atoms with van der Waals surface area (Å²) >= 11 is 0. The summed E-state index contributed by atoms with van der Waals surface area (Å²) in [4.78, 5) is 22.8. The van der Waals surface area contributed by atoms with E-state index in [4.69, 9.17) is 5.11 Å². The molecule has 2 aromatic rings. The Balaban J connectivity index is 2.11. The lowest BCUT2D eigenvalue weighted by molar-refractivity contribution is 0.0697. The number of carbonyl (C=O) groups is 2. The van der Waals surface area contributed by atoms with Gasteiger partial charge in [-0.2, -0.15) is 5.10 Å². The molecule has 2 rings (SSSR count). The second-order valence-electron chi connectivity index (χ2n) is 4.72. The van der Waals surface area contributed by atoms with E-state index in [9.17, 15) is 9.59 Å². The molecule has 1 aromatic carbocycles. The molecule has 1 heterocycles. The summed E-state index contributed by atoms with van der Waals surface area (Å²) in [7, 11) is 0. The van der Waals surface area contributed by atoms with Crippen LogP contribution in [0.25, 0.3) is 0 Å². The number of anilines is 2. The van der Waals surface area contributed by atoms with E-state index in [1.165, 1.54) is 12.1 Å². The average Bonchev–Trinajstić information content (AvgIpc) is 2.72. The lowest BCUT2D eigenvalue weighted by Crippen LogP contribution is -2.20. The van der Waals surface area contributed by atoms with Crippen LogP contribution in [0.5, 0.6) is 0 Å². The number of carboxylic acid groups (broad SMARTS) is 1. The Morgan fingerprint density at radius 1 is 1.19 bits per heavy atom. The molecule has 21 heavy (non-hydrogen) atoms. The number of aryl methyl sites for hydroxylation is 3. The molecule has 7 nitrogen and oxygen atoms in total. The van der Waals surface area contributed by atoms with Crippen LogP contribution in [0.15, 0.2) is 18.2 Å². The lowest BCUT2D eigenvalue weighted by Gasteiger charge is -2.10. The van der Waals surface area contributed by atoms with Crippen LogP contribution < -0.4 is 10.6 Å². The van der Waals surface area contributed by atoms with Gasteiger partial charge in [-0.05, 0) is 44.5 Å². The van der Waals surface area contributed by atoms with Gasteiger partial charge in [-0.1, -0.05) is 0 Å². The molecule has 0 aliphatic heterocycles. The summed E-state index contributed by atoms with van der Waals surface area (Å²) in [5.41, 5.74) is 3.50. The summed E-state index contributed by atoms with van der Waals surface area (Å²) in [6, 6.07) is 4.10.